The van der Waals surface area contributed by atoms with Crippen molar-refractivity contribution in [3.05, 3.63) is 82.2 Å². The number of imide groups is 1. The van der Waals surface area contributed by atoms with Crippen LogP contribution in [0, 0.1) is 6.92 Å². The SMILES string of the molecule is CCOc1ccccc1NC1=C(c2cccs2)C(=O)N(c2cccc(C)c2)C1=O. The van der Waals surface area contributed by atoms with Crippen molar-refractivity contribution in [2.45, 2.75) is 13.8 Å². The van der Waals surface area contributed by atoms with Crippen molar-refractivity contribution in [1.82, 2.24) is 0 Å². The molecule has 0 atom stereocenters. The molecule has 29 heavy (non-hydrogen) atoms. The average molecular weight is 404 g/mol. The largest absolute Gasteiger partial charge is 0.492 e. The van der Waals surface area contributed by atoms with Crippen molar-refractivity contribution in [2.75, 3.05) is 16.8 Å². The summed E-state index contributed by atoms with van der Waals surface area (Å²) in [4.78, 5) is 28.7. The molecule has 6 heteroatoms. The average Bonchev–Trinajstić information content (AvgIpc) is 3.30. The quantitative estimate of drug-likeness (QED) is 0.597. The third kappa shape index (κ3) is 3.54. The number of aryl methyl sites for hydroxylation is 1. The first kappa shape index (κ1) is 19.0. The van der Waals surface area contributed by atoms with Crippen LogP contribution in [0.1, 0.15) is 17.4 Å². The van der Waals surface area contributed by atoms with E-state index in [-0.39, 0.29) is 17.5 Å². The summed E-state index contributed by atoms with van der Waals surface area (Å²) in [7, 11) is 0. The third-order valence-corrected chi connectivity index (χ3v) is 5.45. The fourth-order valence-electron chi connectivity index (χ4n) is 3.28. The Hall–Kier alpha value is -3.38. The zero-order chi connectivity index (χ0) is 20.4. The molecule has 2 heterocycles. The van der Waals surface area contributed by atoms with Crippen molar-refractivity contribution in [3.63, 3.8) is 0 Å². The number of rotatable bonds is 6. The number of anilines is 2. The van der Waals surface area contributed by atoms with Crippen molar-refractivity contribution in [3.8, 4) is 5.75 Å². The first-order valence-corrected chi connectivity index (χ1v) is 10.2. The van der Waals surface area contributed by atoms with Crippen LogP contribution >= 0.6 is 11.3 Å². The van der Waals surface area contributed by atoms with Gasteiger partial charge in [0.15, 0.2) is 0 Å². The molecule has 2 aromatic carbocycles. The number of carbonyl (C=O) groups excluding carboxylic acids is 2. The Labute approximate surface area is 173 Å². The van der Waals surface area contributed by atoms with Gasteiger partial charge in [0.2, 0.25) is 0 Å². The second kappa shape index (κ2) is 7.93. The number of hydrogen-bond donors (Lipinski definition) is 1. The van der Waals surface area contributed by atoms with Crippen molar-refractivity contribution in [2.24, 2.45) is 0 Å². The van der Waals surface area contributed by atoms with Crippen LogP contribution in [0.3, 0.4) is 0 Å². The van der Waals surface area contributed by atoms with E-state index in [4.69, 9.17) is 4.74 Å². The van der Waals surface area contributed by atoms with E-state index in [1.165, 1.54) is 16.2 Å². The van der Waals surface area contributed by atoms with Crippen LogP contribution in [0.15, 0.2) is 71.7 Å². The minimum atomic E-state index is -0.379. The molecule has 3 aromatic rings. The molecule has 4 rings (SSSR count). The molecule has 1 aliphatic heterocycles. The van der Waals surface area contributed by atoms with Crippen molar-refractivity contribution >= 4 is 40.1 Å². The lowest BCUT2D eigenvalue weighted by Crippen LogP contribution is -2.32. The number of thiophene rings is 1. The van der Waals surface area contributed by atoms with Gasteiger partial charge < -0.3 is 10.1 Å². The van der Waals surface area contributed by atoms with Crippen molar-refractivity contribution < 1.29 is 14.3 Å². The topological polar surface area (TPSA) is 58.6 Å². The van der Waals surface area contributed by atoms with Crippen LogP contribution in [-0.4, -0.2) is 18.4 Å². The Bertz CT molecular complexity index is 1100. The monoisotopic (exact) mass is 404 g/mol. The van der Waals surface area contributed by atoms with Gasteiger partial charge in [0, 0.05) is 4.88 Å². The van der Waals surface area contributed by atoms with Gasteiger partial charge in [-0.2, -0.15) is 0 Å². The lowest BCUT2D eigenvalue weighted by molar-refractivity contribution is -0.120. The minimum Gasteiger partial charge on any atom is -0.492 e. The summed E-state index contributed by atoms with van der Waals surface area (Å²) in [6, 6.07) is 18.5. The van der Waals surface area contributed by atoms with E-state index < -0.39 is 0 Å². The Morgan fingerprint density at radius 3 is 2.55 bits per heavy atom. The highest BCUT2D eigenvalue weighted by Crippen LogP contribution is 2.37. The highest BCUT2D eigenvalue weighted by Gasteiger charge is 2.40. The molecule has 0 saturated heterocycles. The Balaban J connectivity index is 1.80. The van der Waals surface area contributed by atoms with Gasteiger partial charge in [-0.25, -0.2) is 4.90 Å². The summed E-state index contributed by atoms with van der Waals surface area (Å²) < 4.78 is 5.67. The first-order valence-electron chi connectivity index (χ1n) is 9.32. The van der Waals surface area contributed by atoms with Crippen LogP contribution < -0.4 is 15.0 Å². The molecule has 0 radical (unpaired) electrons. The van der Waals surface area contributed by atoms with Crippen LogP contribution in [-0.2, 0) is 9.59 Å². The number of para-hydroxylation sites is 2. The number of carbonyl (C=O) groups is 2. The molecule has 0 aliphatic carbocycles. The minimum absolute atomic E-state index is 0.256. The summed E-state index contributed by atoms with van der Waals surface area (Å²) in [6.07, 6.45) is 0. The maximum atomic E-state index is 13.4. The lowest BCUT2D eigenvalue weighted by atomic mass is 10.1. The highest BCUT2D eigenvalue weighted by atomic mass is 32.1. The van der Waals surface area contributed by atoms with E-state index in [0.29, 0.717) is 29.3 Å². The Morgan fingerprint density at radius 2 is 1.83 bits per heavy atom. The molecule has 0 spiro atoms. The number of ether oxygens (including phenoxy) is 1. The molecule has 0 fully saturated rings. The van der Waals surface area contributed by atoms with Crippen LogP contribution in [0.5, 0.6) is 5.75 Å². The molecule has 1 aliphatic rings. The molecule has 5 nitrogen and oxygen atoms in total. The molecule has 1 N–H and O–H groups in total. The van der Waals surface area contributed by atoms with Gasteiger partial charge in [0.25, 0.3) is 11.8 Å². The normalized spacial score (nSPS) is 13.9. The van der Waals surface area contributed by atoms with Gasteiger partial charge in [0.05, 0.1) is 23.6 Å². The third-order valence-electron chi connectivity index (χ3n) is 4.56. The van der Waals surface area contributed by atoms with Crippen LogP contribution in [0.25, 0.3) is 5.57 Å². The molecular weight excluding hydrogens is 384 g/mol. The lowest BCUT2D eigenvalue weighted by Gasteiger charge is -2.16. The van der Waals surface area contributed by atoms with Gasteiger partial charge in [-0.3, -0.25) is 9.59 Å². The van der Waals surface area contributed by atoms with Gasteiger partial charge >= 0.3 is 0 Å². The predicted octanol–water partition coefficient (Wildman–Crippen LogP) is 4.85. The summed E-state index contributed by atoms with van der Waals surface area (Å²) in [5.74, 6) is -0.0861. The summed E-state index contributed by atoms with van der Waals surface area (Å²) in [5, 5.41) is 5.07. The number of hydrogen-bond acceptors (Lipinski definition) is 5. The molecule has 146 valence electrons. The van der Waals surface area contributed by atoms with Crippen LogP contribution in [0.2, 0.25) is 0 Å². The van der Waals surface area contributed by atoms with E-state index in [0.717, 1.165) is 10.4 Å². The second-order valence-electron chi connectivity index (χ2n) is 6.57. The standard InChI is InChI=1S/C23H20N2O3S/c1-3-28-18-11-5-4-10-17(18)24-21-20(19-12-7-13-29-19)22(26)25(23(21)27)16-9-6-8-15(2)14-16/h4-14,24H,3H2,1-2H3. The van der Waals surface area contributed by atoms with Gasteiger partial charge in [0.1, 0.15) is 11.4 Å². The zero-order valence-electron chi connectivity index (χ0n) is 16.1. The predicted molar refractivity (Wildman–Crippen MR) is 116 cm³/mol. The summed E-state index contributed by atoms with van der Waals surface area (Å²) in [5.41, 5.74) is 2.81. The number of nitrogens with one attached hydrogen (secondary N) is 1. The van der Waals surface area contributed by atoms with E-state index in [2.05, 4.69) is 5.32 Å². The van der Waals surface area contributed by atoms with Gasteiger partial charge in [-0.15, -0.1) is 11.3 Å². The van der Waals surface area contributed by atoms with E-state index in [9.17, 15) is 9.59 Å². The smallest absolute Gasteiger partial charge is 0.282 e. The summed E-state index contributed by atoms with van der Waals surface area (Å²) in [6.45, 7) is 4.33. The molecule has 1 aromatic heterocycles. The summed E-state index contributed by atoms with van der Waals surface area (Å²) >= 11 is 1.43. The van der Waals surface area contributed by atoms with Crippen molar-refractivity contribution in [1.29, 1.82) is 0 Å². The fraction of sp³-hybridized carbons (Fsp3) is 0.130. The Kier molecular flexibility index (Phi) is 5.18. The first-order chi connectivity index (χ1) is 14.1. The zero-order valence-corrected chi connectivity index (χ0v) is 17.0. The molecular formula is C23H20N2O3S. The number of nitrogens with zero attached hydrogens (tertiary/aromatic N) is 1. The maximum absolute atomic E-state index is 13.4. The molecule has 0 saturated carbocycles. The van der Waals surface area contributed by atoms with E-state index in [1.54, 1.807) is 6.07 Å². The number of benzene rings is 2. The van der Waals surface area contributed by atoms with E-state index >= 15 is 0 Å². The molecule has 0 unspecified atom stereocenters. The van der Waals surface area contributed by atoms with E-state index in [1.807, 2.05) is 73.8 Å². The Morgan fingerprint density at radius 1 is 1.00 bits per heavy atom. The van der Waals surface area contributed by atoms with Gasteiger partial charge in [-0.1, -0.05) is 30.3 Å². The molecule has 2 amide bonds. The van der Waals surface area contributed by atoms with Gasteiger partial charge in [-0.05, 0) is 55.1 Å². The highest BCUT2D eigenvalue weighted by molar-refractivity contribution is 7.11. The maximum Gasteiger partial charge on any atom is 0.282 e. The van der Waals surface area contributed by atoms with Crippen LogP contribution in [0.4, 0.5) is 11.4 Å². The second-order valence-corrected chi connectivity index (χ2v) is 7.51. The fourth-order valence-corrected chi connectivity index (χ4v) is 4.05. The molecule has 0 bridgehead atoms. The number of amides is 2.